The van der Waals surface area contributed by atoms with Crippen LogP contribution < -0.4 is 26.0 Å². The Morgan fingerprint density at radius 3 is 2.05 bits per heavy atom. The first-order chi connectivity index (χ1) is 30.7. The first kappa shape index (κ1) is 44.2. The molecule has 0 atom stereocenters. The number of H-pyrrole nitrogens is 1. The van der Waals surface area contributed by atoms with Gasteiger partial charge in [0.2, 0.25) is 17.8 Å². The summed E-state index contributed by atoms with van der Waals surface area (Å²) in [6.45, 7) is 18.1. The van der Waals surface area contributed by atoms with E-state index < -0.39 is 5.91 Å². The summed E-state index contributed by atoms with van der Waals surface area (Å²) in [4.78, 5) is 36.2. The van der Waals surface area contributed by atoms with Crippen molar-refractivity contribution in [3.63, 3.8) is 0 Å². The fourth-order valence-corrected chi connectivity index (χ4v) is 7.67. The number of carbonyl (C=O) groups is 1. The molecule has 328 valence electrons. The van der Waals surface area contributed by atoms with E-state index >= 15 is 0 Å². The molecule has 0 saturated heterocycles. The minimum absolute atomic E-state index is 0.0644. The maximum absolute atomic E-state index is 13.9. The van der Waals surface area contributed by atoms with Crippen molar-refractivity contribution in [3.05, 3.63) is 96.1 Å². The van der Waals surface area contributed by atoms with Crippen LogP contribution in [0.1, 0.15) is 56.5 Å². The quantitative estimate of drug-likeness (QED) is 0.0299. The third-order valence-electron chi connectivity index (χ3n) is 11.3. The number of azo groups is 1. The highest BCUT2D eigenvalue weighted by Crippen LogP contribution is 2.44. The van der Waals surface area contributed by atoms with E-state index in [0.717, 1.165) is 98.3 Å². The van der Waals surface area contributed by atoms with Gasteiger partial charge in [0.25, 0.3) is 5.91 Å². The molecule has 0 spiro atoms. The highest BCUT2D eigenvalue weighted by atomic mass is 16.5. The predicted molar refractivity (Wildman–Crippen MR) is 256 cm³/mol. The van der Waals surface area contributed by atoms with Crippen molar-refractivity contribution in [3.8, 4) is 11.5 Å². The Kier molecular flexibility index (Phi) is 14.6. The maximum atomic E-state index is 13.9. The van der Waals surface area contributed by atoms with Crippen molar-refractivity contribution in [2.75, 3.05) is 80.7 Å². The minimum Gasteiger partial charge on any atom is -0.505 e. The number of aromatic nitrogens is 4. The molecule has 7 aromatic rings. The summed E-state index contributed by atoms with van der Waals surface area (Å²) in [5, 5.41) is 37.5. The summed E-state index contributed by atoms with van der Waals surface area (Å²) in [6.07, 6.45) is 1.92. The number of aryl methyl sites for hydroxylation is 1. The molecule has 0 saturated carbocycles. The van der Waals surface area contributed by atoms with Crippen LogP contribution >= 0.6 is 0 Å². The second kappa shape index (κ2) is 20.8. The number of aromatic hydroxyl groups is 1. The van der Waals surface area contributed by atoms with Gasteiger partial charge in [-0.05, 0) is 125 Å². The van der Waals surface area contributed by atoms with Gasteiger partial charge < -0.3 is 45.9 Å². The Labute approximate surface area is 368 Å². The van der Waals surface area contributed by atoms with E-state index in [9.17, 15) is 9.90 Å². The van der Waals surface area contributed by atoms with Crippen LogP contribution in [0.5, 0.6) is 11.5 Å². The molecule has 5 aromatic carbocycles. The lowest BCUT2D eigenvalue weighted by atomic mass is 10.00. The molecule has 0 aliphatic carbocycles. The Hall–Kier alpha value is -6.84. The lowest BCUT2D eigenvalue weighted by Gasteiger charge is -2.18. The average Bonchev–Trinajstić information content (AvgIpc) is 3.68. The molecule has 15 heteroatoms. The number of nitrogens with zero attached hydrogens (tertiary/aromatic N) is 7. The van der Waals surface area contributed by atoms with Crippen molar-refractivity contribution < 1.29 is 14.6 Å². The molecule has 6 N–H and O–H groups in total. The van der Waals surface area contributed by atoms with Gasteiger partial charge in [-0.3, -0.25) is 4.79 Å². The van der Waals surface area contributed by atoms with E-state index in [1.54, 1.807) is 25.3 Å². The average molecular weight is 851 g/mol. The van der Waals surface area contributed by atoms with Gasteiger partial charge in [0, 0.05) is 46.1 Å². The number of hydrogen-bond donors (Lipinski definition) is 6. The highest BCUT2D eigenvalue weighted by molar-refractivity contribution is 6.22. The molecule has 0 aliphatic rings. The summed E-state index contributed by atoms with van der Waals surface area (Å²) in [6, 6.07) is 26.4. The van der Waals surface area contributed by atoms with Crippen molar-refractivity contribution in [1.82, 2.24) is 29.7 Å². The number of phenols is 1. The van der Waals surface area contributed by atoms with E-state index in [1.165, 1.54) is 0 Å². The van der Waals surface area contributed by atoms with Gasteiger partial charge in [-0.1, -0.05) is 58.0 Å². The van der Waals surface area contributed by atoms with Gasteiger partial charge >= 0.3 is 0 Å². The molecule has 7 rings (SSSR count). The number of ether oxygens (including phenoxy) is 1. The molecule has 0 bridgehead atoms. The van der Waals surface area contributed by atoms with Gasteiger partial charge in [-0.2, -0.15) is 20.1 Å². The zero-order valence-corrected chi connectivity index (χ0v) is 37.0. The van der Waals surface area contributed by atoms with Gasteiger partial charge in [0.15, 0.2) is 5.75 Å². The largest absolute Gasteiger partial charge is 0.505 e. The summed E-state index contributed by atoms with van der Waals surface area (Å²) in [5.41, 5.74) is 4.63. The molecular weight excluding hydrogens is 793 g/mol. The van der Waals surface area contributed by atoms with Crippen LogP contribution in [0.3, 0.4) is 0 Å². The number of fused-ring (bicyclic) bond motifs is 5. The number of benzene rings is 5. The fraction of sp³-hybridized carbons (Fsp3) is 0.333. The number of aromatic amines is 1. The number of nitrogens with one attached hydrogen (secondary N) is 5. The van der Waals surface area contributed by atoms with E-state index in [-0.39, 0.29) is 17.0 Å². The monoisotopic (exact) mass is 850 g/mol. The Balaban J connectivity index is 1.15. The lowest BCUT2D eigenvalue weighted by molar-refractivity contribution is 0.102. The SMILES string of the molecule is CCN(CC)CCCNc1nc(NCCCN(CC)CC)nc(Nc2ccc(N=Nc3c(O)c(C(=O)Nc4ccc(OC)cc4C)cc4ccc5c6ccccc6[nH]c5c34)cc2)n1. The second-order valence-corrected chi connectivity index (χ2v) is 15.3. The summed E-state index contributed by atoms with van der Waals surface area (Å²) in [5.74, 6) is 1.29. The molecule has 0 radical (unpaired) electrons. The summed E-state index contributed by atoms with van der Waals surface area (Å²) < 4.78 is 5.34. The third-order valence-corrected chi connectivity index (χ3v) is 11.3. The number of phenolic OH excluding ortho intramolecular Hbond substituents is 1. The Bertz CT molecular complexity index is 2650. The van der Waals surface area contributed by atoms with Crippen molar-refractivity contribution in [2.45, 2.75) is 47.5 Å². The van der Waals surface area contributed by atoms with E-state index in [4.69, 9.17) is 14.7 Å². The first-order valence-electron chi connectivity index (χ1n) is 21.8. The molecule has 0 aliphatic heterocycles. The second-order valence-electron chi connectivity index (χ2n) is 15.3. The number of carbonyl (C=O) groups excluding carboxylic acids is 1. The third kappa shape index (κ3) is 10.6. The summed E-state index contributed by atoms with van der Waals surface area (Å²) >= 11 is 0. The van der Waals surface area contributed by atoms with Crippen molar-refractivity contribution in [1.29, 1.82) is 0 Å². The fourth-order valence-electron chi connectivity index (χ4n) is 7.67. The Morgan fingerprint density at radius 1 is 0.762 bits per heavy atom. The van der Waals surface area contributed by atoms with Crippen LogP contribution in [0.25, 0.3) is 32.6 Å². The smallest absolute Gasteiger partial charge is 0.259 e. The molecule has 2 heterocycles. The van der Waals surface area contributed by atoms with Gasteiger partial charge in [-0.25, -0.2) is 0 Å². The van der Waals surface area contributed by atoms with Gasteiger partial charge in [0.1, 0.15) is 11.4 Å². The van der Waals surface area contributed by atoms with E-state index in [2.05, 4.69) is 79.0 Å². The number of para-hydroxylation sites is 1. The van der Waals surface area contributed by atoms with Crippen LogP contribution in [0, 0.1) is 6.92 Å². The van der Waals surface area contributed by atoms with Crippen LogP contribution in [0.2, 0.25) is 0 Å². The molecule has 2 aromatic heterocycles. The van der Waals surface area contributed by atoms with Crippen LogP contribution in [-0.4, -0.2) is 100 Å². The standard InChI is InChI=1S/C48H58N12O3/c1-7-59(8-2)27-13-25-49-46-54-47(50-26-14-28-60(9-3)10-4)56-48(55-46)51-33-18-20-34(21-19-33)57-58-43-41-32(17-23-37-36-15-11-12-16-40(36)52-42(37)41)30-38(44(43)61)45(62)53-39-24-22-35(63-6)29-31(39)5/h11-12,15-24,29-30,52,61H,7-10,13-14,25-28H2,1-6H3,(H,53,62)(H3,49,50,51,54,55,56). The van der Waals surface area contributed by atoms with E-state index in [1.807, 2.05) is 73.7 Å². The van der Waals surface area contributed by atoms with Gasteiger partial charge in [0.05, 0.1) is 23.9 Å². The van der Waals surface area contributed by atoms with Crippen molar-refractivity contribution >= 4 is 79.1 Å². The van der Waals surface area contributed by atoms with Gasteiger partial charge in [-0.15, -0.1) is 5.11 Å². The predicted octanol–water partition coefficient (Wildman–Crippen LogP) is 10.4. The number of anilines is 5. The number of methoxy groups -OCH3 is 1. The Morgan fingerprint density at radius 2 is 1.41 bits per heavy atom. The van der Waals surface area contributed by atoms with E-state index in [0.29, 0.717) is 45.7 Å². The zero-order valence-electron chi connectivity index (χ0n) is 37.0. The minimum atomic E-state index is -0.486. The normalized spacial score (nSPS) is 11.7. The molecule has 1 amide bonds. The first-order valence-corrected chi connectivity index (χ1v) is 21.8. The van der Waals surface area contributed by atoms with Crippen LogP contribution in [-0.2, 0) is 0 Å². The van der Waals surface area contributed by atoms with Crippen LogP contribution in [0.15, 0.2) is 95.2 Å². The molecule has 63 heavy (non-hydrogen) atoms. The zero-order chi connectivity index (χ0) is 44.3. The lowest BCUT2D eigenvalue weighted by Crippen LogP contribution is -2.26. The van der Waals surface area contributed by atoms with Crippen molar-refractivity contribution in [2.24, 2.45) is 10.2 Å². The van der Waals surface area contributed by atoms with Crippen LogP contribution in [0.4, 0.5) is 40.6 Å². The molecule has 0 unspecified atom stereocenters. The topological polar surface area (TPSA) is 180 Å². The molecule has 15 nitrogen and oxygen atoms in total. The number of hydrogen-bond acceptors (Lipinski definition) is 13. The molecule has 0 fully saturated rings. The molecular formula is C48H58N12O3. The number of amides is 1. The maximum Gasteiger partial charge on any atom is 0.259 e. The summed E-state index contributed by atoms with van der Waals surface area (Å²) in [7, 11) is 1.59. The highest BCUT2D eigenvalue weighted by Gasteiger charge is 2.22. The number of rotatable bonds is 21.